The largest absolute Gasteiger partial charge is 0.313 e. The zero-order valence-electron chi connectivity index (χ0n) is 8.18. The molecule has 0 aromatic rings. The summed E-state index contributed by atoms with van der Waals surface area (Å²) in [5.74, 6) is 3.24. The molecule has 0 saturated carbocycles. The Morgan fingerprint density at radius 2 is 1.91 bits per heavy atom. The molecule has 0 aromatic heterocycles. The van der Waals surface area contributed by atoms with Crippen molar-refractivity contribution in [3.05, 3.63) is 0 Å². The topological polar surface area (TPSA) is 12.0 Å². The summed E-state index contributed by atoms with van der Waals surface area (Å²) in [6.45, 7) is 10.0. The van der Waals surface area contributed by atoms with Crippen LogP contribution in [-0.4, -0.2) is 24.1 Å². The van der Waals surface area contributed by atoms with Gasteiger partial charge in [-0.1, -0.05) is 27.7 Å². The van der Waals surface area contributed by atoms with Gasteiger partial charge in [-0.25, -0.2) is 0 Å². The smallest absolute Gasteiger partial charge is 0.0181 e. The highest BCUT2D eigenvalue weighted by Crippen LogP contribution is 2.09. The lowest BCUT2D eigenvalue weighted by molar-refractivity contribution is 0.443. The Morgan fingerprint density at radius 1 is 1.27 bits per heavy atom. The molecule has 1 N–H and O–H groups in total. The SMILES string of the molecule is CCNC(CSCC)C(C)C. The summed E-state index contributed by atoms with van der Waals surface area (Å²) >= 11 is 2.02. The van der Waals surface area contributed by atoms with Crippen molar-refractivity contribution in [3.8, 4) is 0 Å². The van der Waals surface area contributed by atoms with Crippen LogP contribution in [0.4, 0.5) is 0 Å². The minimum Gasteiger partial charge on any atom is -0.313 e. The molecule has 0 heterocycles. The fourth-order valence-electron chi connectivity index (χ4n) is 0.994. The molecule has 0 aromatic carbocycles. The summed E-state index contributed by atoms with van der Waals surface area (Å²) in [5.41, 5.74) is 0. The van der Waals surface area contributed by atoms with Crippen LogP contribution in [0.15, 0.2) is 0 Å². The molecule has 1 nitrogen and oxygen atoms in total. The second-order valence-corrected chi connectivity index (χ2v) is 4.39. The first-order valence-electron chi connectivity index (χ1n) is 4.53. The minimum absolute atomic E-state index is 0.699. The number of nitrogens with one attached hydrogen (secondary N) is 1. The zero-order valence-corrected chi connectivity index (χ0v) is 9.00. The van der Waals surface area contributed by atoms with Crippen molar-refractivity contribution in [2.45, 2.75) is 33.7 Å². The number of hydrogen-bond acceptors (Lipinski definition) is 2. The maximum absolute atomic E-state index is 3.50. The number of rotatable bonds is 6. The van der Waals surface area contributed by atoms with E-state index in [2.05, 4.69) is 33.0 Å². The molecule has 68 valence electrons. The molecule has 0 aliphatic carbocycles. The molecule has 2 heteroatoms. The molecule has 0 radical (unpaired) electrons. The third-order valence-electron chi connectivity index (χ3n) is 1.77. The van der Waals surface area contributed by atoms with Crippen LogP contribution in [0.2, 0.25) is 0 Å². The Morgan fingerprint density at radius 3 is 2.27 bits per heavy atom. The highest BCUT2D eigenvalue weighted by Gasteiger charge is 2.10. The Bertz CT molecular complexity index is 83.6. The van der Waals surface area contributed by atoms with E-state index in [1.54, 1.807) is 0 Å². The standard InChI is InChI=1S/C9H21NS/c1-5-10-9(8(3)4)7-11-6-2/h8-10H,5-7H2,1-4H3. The molecule has 0 saturated heterocycles. The highest BCUT2D eigenvalue weighted by molar-refractivity contribution is 7.99. The third-order valence-corrected chi connectivity index (χ3v) is 2.78. The molecule has 0 rings (SSSR count). The van der Waals surface area contributed by atoms with Crippen molar-refractivity contribution in [3.63, 3.8) is 0 Å². The lowest BCUT2D eigenvalue weighted by Crippen LogP contribution is -2.35. The lowest BCUT2D eigenvalue weighted by Gasteiger charge is -2.20. The average Bonchev–Trinajstić information content (AvgIpc) is 1.97. The van der Waals surface area contributed by atoms with E-state index in [1.165, 1.54) is 11.5 Å². The van der Waals surface area contributed by atoms with Crippen molar-refractivity contribution < 1.29 is 0 Å². The maximum Gasteiger partial charge on any atom is 0.0181 e. The van der Waals surface area contributed by atoms with Gasteiger partial charge in [0.1, 0.15) is 0 Å². The first-order chi connectivity index (χ1) is 5.22. The van der Waals surface area contributed by atoms with Gasteiger partial charge in [0.25, 0.3) is 0 Å². The van der Waals surface area contributed by atoms with Crippen molar-refractivity contribution in [1.82, 2.24) is 5.32 Å². The second-order valence-electron chi connectivity index (χ2n) is 3.07. The Balaban J connectivity index is 3.51. The van der Waals surface area contributed by atoms with E-state index in [-0.39, 0.29) is 0 Å². The summed E-state index contributed by atoms with van der Waals surface area (Å²) in [6, 6.07) is 0.699. The van der Waals surface area contributed by atoms with Crippen LogP contribution in [0.1, 0.15) is 27.7 Å². The van der Waals surface area contributed by atoms with Crippen molar-refractivity contribution in [2.75, 3.05) is 18.1 Å². The van der Waals surface area contributed by atoms with Crippen LogP contribution >= 0.6 is 11.8 Å². The van der Waals surface area contributed by atoms with Gasteiger partial charge in [-0.2, -0.15) is 11.8 Å². The summed E-state index contributed by atoms with van der Waals surface area (Å²) in [7, 11) is 0. The number of thioether (sulfide) groups is 1. The summed E-state index contributed by atoms with van der Waals surface area (Å²) in [4.78, 5) is 0. The molecule has 0 amide bonds. The van der Waals surface area contributed by atoms with E-state index in [0.717, 1.165) is 12.5 Å². The summed E-state index contributed by atoms with van der Waals surface area (Å²) in [5, 5.41) is 3.50. The molecule has 0 bridgehead atoms. The molecule has 1 atom stereocenters. The Hall–Kier alpha value is 0.310. The van der Waals surface area contributed by atoms with Gasteiger partial charge >= 0.3 is 0 Å². The normalized spacial score (nSPS) is 13.9. The molecule has 0 spiro atoms. The molecule has 0 aliphatic rings. The number of hydrogen-bond donors (Lipinski definition) is 1. The molecular formula is C9H21NS. The third kappa shape index (κ3) is 5.57. The van der Waals surface area contributed by atoms with E-state index in [9.17, 15) is 0 Å². The van der Waals surface area contributed by atoms with Crippen molar-refractivity contribution in [2.24, 2.45) is 5.92 Å². The van der Waals surface area contributed by atoms with Crippen LogP contribution in [-0.2, 0) is 0 Å². The summed E-state index contributed by atoms with van der Waals surface area (Å²) in [6.07, 6.45) is 0. The fraction of sp³-hybridized carbons (Fsp3) is 1.00. The molecule has 1 unspecified atom stereocenters. The first-order valence-corrected chi connectivity index (χ1v) is 5.68. The molecule has 0 aliphatic heterocycles. The first kappa shape index (κ1) is 11.3. The second kappa shape index (κ2) is 6.99. The van der Waals surface area contributed by atoms with E-state index in [4.69, 9.17) is 0 Å². The van der Waals surface area contributed by atoms with E-state index in [1.807, 2.05) is 11.8 Å². The van der Waals surface area contributed by atoms with Gasteiger partial charge in [0.15, 0.2) is 0 Å². The quantitative estimate of drug-likeness (QED) is 0.665. The van der Waals surface area contributed by atoms with Crippen LogP contribution < -0.4 is 5.32 Å². The van der Waals surface area contributed by atoms with Gasteiger partial charge in [0.05, 0.1) is 0 Å². The molecule has 0 fully saturated rings. The van der Waals surface area contributed by atoms with Crippen molar-refractivity contribution in [1.29, 1.82) is 0 Å². The minimum atomic E-state index is 0.699. The van der Waals surface area contributed by atoms with Gasteiger partial charge in [0.2, 0.25) is 0 Å². The van der Waals surface area contributed by atoms with Gasteiger partial charge < -0.3 is 5.32 Å². The van der Waals surface area contributed by atoms with Gasteiger partial charge in [-0.3, -0.25) is 0 Å². The van der Waals surface area contributed by atoms with Gasteiger partial charge in [-0.15, -0.1) is 0 Å². The monoisotopic (exact) mass is 175 g/mol. The van der Waals surface area contributed by atoms with Gasteiger partial charge in [0, 0.05) is 11.8 Å². The van der Waals surface area contributed by atoms with Crippen LogP contribution in [0.25, 0.3) is 0 Å². The lowest BCUT2D eigenvalue weighted by atomic mass is 10.1. The van der Waals surface area contributed by atoms with Crippen LogP contribution in [0, 0.1) is 5.92 Å². The van der Waals surface area contributed by atoms with E-state index < -0.39 is 0 Å². The van der Waals surface area contributed by atoms with E-state index in [0.29, 0.717) is 6.04 Å². The fourth-order valence-corrected chi connectivity index (χ4v) is 1.99. The van der Waals surface area contributed by atoms with E-state index >= 15 is 0 Å². The maximum atomic E-state index is 3.50. The Labute approximate surface area is 75.3 Å². The molecule has 11 heavy (non-hydrogen) atoms. The van der Waals surface area contributed by atoms with Crippen molar-refractivity contribution >= 4 is 11.8 Å². The molecular weight excluding hydrogens is 154 g/mol. The van der Waals surface area contributed by atoms with Crippen LogP contribution in [0.3, 0.4) is 0 Å². The average molecular weight is 175 g/mol. The predicted octanol–water partition coefficient (Wildman–Crippen LogP) is 2.37. The van der Waals surface area contributed by atoms with Gasteiger partial charge in [-0.05, 0) is 18.2 Å². The highest BCUT2D eigenvalue weighted by atomic mass is 32.2. The Kier molecular flexibility index (Phi) is 7.18. The van der Waals surface area contributed by atoms with Crippen LogP contribution in [0.5, 0.6) is 0 Å². The predicted molar refractivity (Wildman–Crippen MR) is 55.3 cm³/mol. The zero-order chi connectivity index (χ0) is 8.69. The summed E-state index contributed by atoms with van der Waals surface area (Å²) < 4.78 is 0.